The third-order valence-electron chi connectivity index (χ3n) is 7.28. The Morgan fingerprint density at radius 1 is 0.805 bits per heavy atom. The zero-order valence-electron chi connectivity index (χ0n) is 22.2. The van der Waals surface area contributed by atoms with Crippen molar-refractivity contribution in [2.45, 2.75) is 11.4 Å². The molecule has 0 spiro atoms. The molecule has 0 radical (unpaired) electrons. The monoisotopic (exact) mass is 599 g/mol. The highest BCUT2D eigenvalue weighted by Gasteiger charge is 2.29. The predicted molar refractivity (Wildman–Crippen MR) is 169 cm³/mol. The summed E-state index contributed by atoms with van der Waals surface area (Å²) in [6.07, 6.45) is 1.90. The van der Waals surface area contributed by atoms with Crippen LogP contribution in [0.1, 0.15) is 21.5 Å². The number of hydrogen-bond donors (Lipinski definition) is 0. The molecule has 8 heteroatoms. The third kappa shape index (κ3) is 6.15. The number of thioether (sulfide) groups is 1. The fourth-order valence-electron chi connectivity index (χ4n) is 5.11. The summed E-state index contributed by atoms with van der Waals surface area (Å²) in [6.45, 7) is 3.27. The summed E-state index contributed by atoms with van der Waals surface area (Å²) in [7, 11) is 0. The van der Waals surface area contributed by atoms with Gasteiger partial charge < -0.3 is 14.7 Å². The molecule has 4 aromatic rings. The Labute approximate surface area is 254 Å². The second-order valence-corrected chi connectivity index (χ2v) is 11.9. The van der Waals surface area contributed by atoms with Crippen LogP contribution < -0.4 is 9.80 Å². The first-order valence-corrected chi connectivity index (χ1v) is 15.0. The minimum absolute atomic E-state index is 0.0182. The molecule has 2 aliphatic heterocycles. The summed E-state index contributed by atoms with van der Waals surface area (Å²) in [5.74, 6) is -0.0444. The van der Waals surface area contributed by atoms with Crippen LogP contribution in [0.15, 0.2) is 107 Å². The smallest absolute Gasteiger partial charge is 0.265 e. The molecule has 0 aliphatic carbocycles. The SMILES string of the molecule is O=C(c1ccc(C=C2Sc3ccccc3N(Cc3cccc(Cl)c3)C2=O)cc1)N1CCN(c2ccc(Cl)cc2)CC1. The van der Waals surface area contributed by atoms with Crippen LogP contribution in [-0.4, -0.2) is 42.9 Å². The van der Waals surface area contributed by atoms with Crippen molar-refractivity contribution in [2.75, 3.05) is 36.0 Å². The lowest BCUT2D eigenvalue weighted by Crippen LogP contribution is -2.48. The van der Waals surface area contributed by atoms with Gasteiger partial charge in [-0.3, -0.25) is 9.59 Å². The van der Waals surface area contributed by atoms with Crippen LogP contribution in [-0.2, 0) is 11.3 Å². The highest BCUT2D eigenvalue weighted by Crippen LogP contribution is 2.42. The van der Waals surface area contributed by atoms with Crippen LogP contribution in [0, 0.1) is 0 Å². The van der Waals surface area contributed by atoms with E-state index in [0.717, 1.165) is 40.5 Å². The van der Waals surface area contributed by atoms with Crippen molar-refractivity contribution in [2.24, 2.45) is 0 Å². The van der Waals surface area contributed by atoms with E-state index in [1.807, 2.05) is 108 Å². The van der Waals surface area contributed by atoms with Gasteiger partial charge in [0.05, 0.1) is 17.1 Å². The van der Waals surface area contributed by atoms with E-state index in [2.05, 4.69) is 4.90 Å². The van der Waals surface area contributed by atoms with E-state index in [1.165, 1.54) is 11.8 Å². The molecule has 2 aliphatic rings. The van der Waals surface area contributed by atoms with Crippen LogP contribution in [0.5, 0.6) is 0 Å². The van der Waals surface area contributed by atoms with Gasteiger partial charge in [-0.2, -0.15) is 0 Å². The molecule has 2 amide bonds. The molecule has 0 saturated carbocycles. The van der Waals surface area contributed by atoms with E-state index in [1.54, 1.807) is 4.90 Å². The number of hydrogen-bond acceptors (Lipinski definition) is 4. The summed E-state index contributed by atoms with van der Waals surface area (Å²) in [4.78, 5) is 34.5. The van der Waals surface area contributed by atoms with Gasteiger partial charge in [0, 0.05) is 52.4 Å². The van der Waals surface area contributed by atoms with E-state index in [9.17, 15) is 9.59 Å². The molecule has 1 fully saturated rings. The molecule has 1 saturated heterocycles. The van der Waals surface area contributed by atoms with Gasteiger partial charge in [-0.15, -0.1) is 0 Å². The van der Waals surface area contributed by atoms with Crippen LogP contribution in [0.25, 0.3) is 6.08 Å². The lowest BCUT2D eigenvalue weighted by Gasteiger charge is -2.36. The molecule has 0 N–H and O–H groups in total. The topological polar surface area (TPSA) is 43.9 Å². The van der Waals surface area contributed by atoms with E-state index in [4.69, 9.17) is 23.2 Å². The normalized spacial score (nSPS) is 16.2. The Morgan fingerprint density at radius 3 is 2.27 bits per heavy atom. The van der Waals surface area contributed by atoms with E-state index in [0.29, 0.717) is 40.1 Å². The lowest BCUT2D eigenvalue weighted by atomic mass is 10.1. The van der Waals surface area contributed by atoms with Crippen molar-refractivity contribution in [1.82, 2.24) is 4.90 Å². The molecule has 206 valence electrons. The maximum absolute atomic E-state index is 13.6. The zero-order chi connectivity index (χ0) is 28.3. The maximum atomic E-state index is 13.6. The number of carbonyl (C=O) groups excluding carboxylic acids is 2. The third-order valence-corrected chi connectivity index (χ3v) is 8.84. The Bertz CT molecular complexity index is 1610. The number of carbonyl (C=O) groups is 2. The van der Waals surface area contributed by atoms with Crippen molar-refractivity contribution in [1.29, 1.82) is 0 Å². The average Bonchev–Trinajstić information content (AvgIpc) is 3.00. The first-order chi connectivity index (χ1) is 19.9. The van der Waals surface area contributed by atoms with Crippen LogP contribution in [0.4, 0.5) is 11.4 Å². The summed E-state index contributed by atoms with van der Waals surface area (Å²) in [5.41, 5.74) is 4.47. The molecule has 0 unspecified atom stereocenters. The van der Waals surface area contributed by atoms with Crippen molar-refractivity contribution < 1.29 is 9.59 Å². The minimum Gasteiger partial charge on any atom is -0.368 e. The molecule has 4 aromatic carbocycles. The van der Waals surface area contributed by atoms with E-state index < -0.39 is 0 Å². The highest BCUT2D eigenvalue weighted by atomic mass is 35.5. The Hall–Kier alpha value is -3.71. The summed E-state index contributed by atoms with van der Waals surface area (Å²) in [6, 6.07) is 30.8. The van der Waals surface area contributed by atoms with Gasteiger partial charge >= 0.3 is 0 Å². The van der Waals surface area contributed by atoms with Crippen molar-refractivity contribution in [3.05, 3.63) is 129 Å². The molecule has 0 aromatic heterocycles. The molecule has 2 heterocycles. The van der Waals surface area contributed by atoms with Gasteiger partial charge in [-0.1, -0.05) is 71.4 Å². The summed E-state index contributed by atoms with van der Waals surface area (Å²) in [5, 5.41) is 1.36. The molecular weight excluding hydrogens is 573 g/mol. The highest BCUT2D eigenvalue weighted by molar-refractivity contribution is 8.04. The van der Waals surface area contributed by atoms with Gasteiger partial charge in [-0.25, -0.2) is 0 Å². The number of para-hydroxylation sites is 1. The fourth-order valence-corrected chi connectivity index (χ4v) is 6.51. The average molecular weight is 601 g/mol. The van der Waals surface area contributed by atoms with Crippen molar-refractivity contribution in [3.8, 4) is 0 Å². The number of anilines is 2. The second kappa shape index (κ2) is 12.0. The van der Waals surface area contributed by atoms with Gasteiger partial charge in [-0.05, 0) is 77.9 Å². The first kappa shape index (κ1) is 27.5. The number of rotatable bonds is 5. The zero-order valence-corrected chi connectivity index (χ0v) is 24.5. The van der Waals surface area contributed by atoms with Gasteiger partial charge in [0.15, 0.2) is 0 Å². The summed E-state index contributed by atoms with van der Waals surface area (Å²) >= 11 is 13.7. The number of nitrogens with zero attached hydrogens (tertiary/aromatic N) is 3. The number of piperazine rings is 1. The maximum Gasteiger partial charge on any atom is 0.265 e. The molecule has 0 atom stereocenters. The Morgan fingerprint density at radius 2 is 1.54 bits per heavy atom. The molecule has 0 bridgehead atoms. The first-order valence-electron chi connectivity index (χ1n) is 13.4. The van der Waals surface area contributed by atoms with Crippen LogP contribution in [0.2, 0.25) is 10.0 Å². The molecular formula is C33H27Cl2N3O2S. The van der Waals surface area contributed by atoms with E-state index >= 15 is 0 Å². The van der Waals surface area contributed by atoms with Gasteiger partial charge in [0.25, 0.3) is 11.8 Å². The van der Waals surface area contributed by atoms with Crippen LogP contribution in [0.3, 0.4) is 0 Å². The number of amides is 2. The largest absolute Gasteiger partial charge is 0.368 e. The van der Waals surface area contributed by atoms with Gasteiger partial charge in [0.1, 0.15) is 0 Å². The van der Waals surface area contributed by atoms with E-state index in [-0.39, 0.29) is 11.8 Å². The van der Waals surface area contributed by atoms with Crippen molar-refractivity contribution in [3.63, 3.8) is 0 Å². The quantitative estimate of drug-likeness (QED) is 0.221. The Kier molecular flexibility index (Phi) is 8.06. The van der Waals surface area contributed by atoms with Gasteiger partial charge in [0.2, 0.25) is 0 Å². The summed E-state index contributed by atoms with van der Waals surface area (Å²) < 4.78 is 0. The fraction of sp³-hybridized carbons (Fsp3) is 0.152. The second-order valence-electron chi connectivity index (χ2n) is 9.98. The number of benzene rings is 4. The molecule has 6 rings (SSSR count). The number of halogens is 2. The van der Waals surface area contributed by atoms with Crippen molar-refractivity contribution >= 4 is 64.2 Å². The predicted octanol–water partition coefficient (Wildman–Crippen LogP) is 7.64. The standard InChI is InChI=1S/C33H27Cl2N3O2S/c34-26-12-14-28(15-13-26)36-16-18-37(19-17-36)32(39)25-10-8-23(9-11-25)21-31-33(40)38(22-24-4-3-5-27(35)20-24)29-6-1-2-7-30(29)41-31/h1-15,20-21H,16-19,22H2. The molecule has 5 nitrogen and oxygen atoms in total. The lowest BCUT2D eigenvalue weighted by molar-refractivity contribution is -0.114. The Balaban J connectivity index is 1.15. The van der Waals surface area contributed by atoms with Crippen LogP contribution >= 0.6 is 35.0 Å². The number of fused-ring (bicyclic) bond motifs is 1. The molecule has 41 heavy (non-hydrogen) atoms. The minimum atomic E-state index is -0.0626.